The van der Waals surface area contributed by atoms with Crippen molar-refractivity contribution in [2.45, 2.75) is 111 Å². The van der Waals surface area contributed by atoms with E-state index in [0.717, 1.165) is 26.3 Å². The largest absolute Gasteiger partial charge is 0.464 e. The predicted octanol–water partition coefficient (Wildman–Crippen LogP) is 7.59. The number of likely N-dealkylation sites (tertiary alicyclic amines) is 1. The third-order valence-electron chi connectivity index (χ3n) is 11.9. The zero-order valence-corrected chi connectivity index (χ0v) is 46.8. The minimum absolute atomic E-state index is 0. The van der Waals surface area contributed by atoms with Crippen LogP contribution in [0.3, 0.4) is 0 Å². The summed E-state index contributed by atoms with van der Waals surface area (Å²) < 4.78 is 24.4. The fraction of sp³-hybridized carbons (Fsp3) is 0.725. The number of rotatable bonds is 31. The lowest BCUT2D eigenvalue weighted by atomic mass is 9.80. The molecule has 398 valence electrons. The van der Waals surface area contributed by atoms with Crippen LogP contribution in [0.2, 0.25) is 0 Å². The van der Waals surface area contributed by atoms with Crippen LogP contribution in [0.1, 0.15) is 106 Å². The molecule has 1 heterocycles. The number of hydrogen-bond acceptors (Lipinski definition) is 15. The molecule has 0 bridgehead atoms. The fourth-order valence-electron chi connectivity index (χ4n) is 7.32. The molecule has 2 rings (SSSR count). The van der Waals surface area contributed by atoms with E-state index in [1.54, 1.807) is 51.2 Å². The van der Waals surface area contributed by atoms with Crippen molar-refractivity contribution in [1.82, 2.24) is 10.2 Å². The minimum Gasteiger partial charge on any atom is -0.464 e. The smallest absolute Gasteiger partial charge is 0.311 e. The van der Waals surface area contributed by atoms with Crippen LogP contribution in [0.25, 0.3) is 0 Å². The summed E-state index contributed by atoms with van der Waals surface area (Å²) >= 11 is 10.0. The highest BCUT2D eigenvalue weighted by Crippen LogP contribution is 2.41. The number of imide groups is 1. The summed E-state index contributed by atoms with van der Waals surface area (Å²) in [5, 5.41) is 2.24. The molecule has 70 heavy (non-hydrogen) atoms. The van der Waals surface area contributed by atoms with Gasteiger partial charge >= 0.3 is 23.9 Å². The van der Waals surface area contributed by atoms with Gasteiger partial charge in [0.05, 0.1) is 76.7 Å². The van der Waals surface area contributed by atoms with Crippen molar-refractivity contribution in [3.05, 3.63) is 35.9 Å². The molecule has 1 N–H and O–H groups in total. The molecule has 3 amide bonds. The van der Waals surface area contributed by atoms with Gasteiger partial charge in [0.1, 0.15) is 43.0 Å². The third kappa shape index (κ3) is 24.0. The Balaban J connectivity index is 0.0000245. The summed E-state index contributed by atoms with van der Waals surface area (Å²) in [4.78, 5) is 94.0. The molecular formula is C51H86N4O11S4+2. The van der Waals surface area contributed by atoms with Crippen molar-refractivity contribution in [3.63, 3.8) is 0 Å². The molecule has 0 saturated carbocycles. The normalized spacial score (nSPS) is 16.4. The number of ether oxygens (including phenoxy) is 4. The lowest BCUT2D eigenvalue weighted by molar-refractivity contribution is -0.888. The number of carbonyl (C=O) groups is 7. The van der Waals surface area contributed by atoms with Gasteiger partial charge < -0.3 is 33.2 Å². The number of benzene rings is 1. The van der Waals surface area contributed by atoms with Gasteiger partial charge in [-0.05, 0) is 71.6 Å². The molecule has 6 unspecified atom stereocenters. The van der Waals surface area contributed by atoms with E-state index in [4.69, 9.17) is 31.2 Å². The number of carbonyl (C=O) groups excluding carboxylic acids is 7. The van der Waals surface area contributed by atoms with Crippen LogP contribution in [0.15, 0.2) is 30.3 Å². The van der Waals surface area contributed by atoms with E-state index in [0.29, 0.717) is 28.5 Å². The molecule has 1 aliphatic rings. The number of nitrogens with zero attached hydrogens (tertiary/aromatic N) is 3. The molecule has 0 aromatic heterocycles. The first-order valence-corrected chi connectivity index (χ1v) is 27.5. The second kappa shape index (κ2) is 31.4. The topological polar surface area (TPSA) is 172 Å². The van der Waals surface area contributed by atoms with Gasteiger partial charge in [-0.1, -0.05) is 82.5 Å². The molecule has 1 aliphatic heterocycles. The van der Waals surface area contributed by atoms with E-state index in [9.17, 15) is 33.6 Å². The van der Waals surface area contributed by atoms with Crippen molar-refractivity contribution < 1.29 is 61.5 Å². The maximum atomic E-state index is 13.6. The first-order valence-electron chi connectivity index (χ1n) is 24.1. The number of quaternary nitrogens is 2. The van der Waals surface area contributed by atoms with Crippen LogP contribution in [-0.2, 0) is 52.5 Å². The summed E-state index contributed by atoms with van der Waals surface area (Å²) in [6.07, 6.45) is 0.841. The van der Waals surface area contributed by atoms with Crippen LogP contribution < -0.4 is 5.32 Å². The molecule has 0 spiro atoms. The molecule has 19 heteroatoms. The SMILES string of the molecule is C.CCSC(=S)SC(CC(CC(C)(C)C(=O)OCCSC1CC(=O)N(CCOC(=O)C(C)CC(CC(C)C(=O)OCC[N+](C)(C)CC)C(=O)OCC[N+](C)(C)C)C1=O)C(=O)NC(C)C)c1ccccc1. The van der Waals surface area contributed by atoms with Crippen LogP contribution in [0.4, 0.5) is 0 Å². The Kier molecular flexibility index (Phi) is 29.0. The highest BCUT2D eigenvalue weighted by Gasteiger charge is 2.40. The van der Waals surface area contributed by atoms with E-state index in [2.05, 4.69) is 12.2 Å². The van der Waals surface area contributed by atoms with Gasteiger partial charge in [-0.2, -0.15) is 0 Å². The van der Waals surface area contributed by atoms with Gasteiger partial charge in [-0.3, -0.25) is 38.5 Å². The number of thioether (sulfide) groups is 3. The van der Waals surface area contributed by atoms with E-state index < -0.39 is 70.0 Å². The van der Waals surface area contributed by atoms with Crippen LogP contribution >= 0.6 is 47.5 Å². The monoisotopic (exact) mass is 1060 g/mol. The highest BCUT2D eigenvalue weighted by molar-refractivity contribution is 8.47. The Morgan fingerprint density at radius 3 is 1.93 bits per heavy atom. The van der Waals surface area contributed by atoms with Crippen molar-refractivity contribution >= 4 is 92.6 Å². The lowest BCUT2D eigenvalue weighted by Crippen LogP contribution is -2.42. The van der Waals surface area contributed by atoms with Gasteiger partial charge in [0, 0.05) is 29.4 Å². The van der Waals surface area contributed by atoms with Gasteiger partial charge in [0.25, 0.3) is 0 Å². The summed E-state index contributed by atoms with van der Waals surface area (Å²) in [6.45, 7) is 16.9. The average Bonchev–Trinajstić information content (AvgIpc) is 3.53. The standard InChI is InChI=1S/C50H81N4O11S4.CH4/c1-14-54(12,13)23-26-63-46(59)36(6)30-38(47(60)64-25-22-53(9,10)11)29-35(5)45(58)62-24-21-52-42(55)32-41(44(52)57)68-28-27-65-48(61)50(7,8)33-39(43(56)51-34(3)4)31-40(69-49(66)67-15-2)37-19-17-16-18-20-37;/h16-20,34-36,38-41H,14-15,21-33H2,1-13H3;1H4/q+1;/p+1. The molecule has 1 aromatic rings. The Morgan fingerprint density at radius 1 is 0.800 bits per heavy atom. The number of hydrogen-bond donors (Lipinski definition) is 1. The quantitative estimate of drug-likeness (QED) is 0.0193. The Hall–Kier alpha value is -3.23. The third-order valence-corrected chi connectivity index (χ3v) is 15.8. The lowest BCUT2D eigenvalue weighted by Gasteiger charge is -2.30. The van der Waals surface area contributed by atoms with E-state index in [-0.39, 0.29) is 89.0 Å². The summed E-state index contributed by atoms with van der Waals surface area (Å²) in [5.74, 6) is -4.56. The zero-order chi connectivity index (χ0) is 52.1. The minimum atomic E-state index is -1.02. The molecule has 1 saturated heterocycles. The van der Waals surface area contributed by atoms with Gasteiger partial charge in [0.15, 0.2) is 0 Å². The van der Waals surface area contributed by atoms with Crippen molar-refractivity contribution in [2.24, 2.45) is 29.1 Å². The Morgan fingerprint density at radius 2 is 1.37 bits per heavy atom. The molecule has 6 atom stereocenters. The van der Waals surface area contributed by atoms with Crippen molar-refractivity contribution in [1.29, 1.82) is 0 Å². The highest BCUT2D eigenvalue weighted by atomic mass is 32.2. The molecule has 0 aliphatic carbocycles. The van der Waals surface area contributed by atoms with Gasteiger partial charge in [-0.25, -0.2) is 0 Å². The van der Waals surface area contributed by atoms with Gasteiger partial charge in [-0.15, -0.1) is 23.5 Å². The maximum absolute atomic E-state index is 13.6. The number of likely N-dealkylation sites (N-methyl/N-ethyl adjacent to an activating group) is 2. The second-order valence-electron chi connectivity index (χ2n) is 20.4. The predicted molar refractivity (Wildman–Crippen MR) is 287 cm³/mol. The average molecular weight is 1060 g/mol. The summed E-state index contributed by atoms with van der Waals surface area (Å²) in [5.41, 5.74) is 0.0256. The Bertz CT molecular complexity index is 1860. The number of nitrogens with one attached hydrogen (secondary N) is 1. The molecule has 1 fully saturated rings. The first kappa shape index (κ1) is 64.8. The number of thiocarbonyl (C=S) groups is 1. The van der Waals surface area contributed by atoms with E-state index >= 15 is 0 Å². The molecule has 1 aromatic carbocycles. The number of esters is 4. The van der Waals surface area contributed by atoms with Crippen LogP contribution in [-0.4, -0.2) is 170 Å². The van der Waals surface area contributed by atoms with Crippen molar-refractivity contribution in [3.8, 4) is 0 Å². The maximum Gasteiger partial charge on any atom is 0.311 e. The second-order valence-corrected chi connectivity index (χ2v) is 25.4. The fourth-order valence-corrected chi connectivity index (χ4v) is 11.1. The molecular weight excluding hydrogens is 973 g/mol. The van der Waals surface area contributed by atoms with Crippen LogP contribution in [0, 0.1) is 29.1 Å². The Labute approximate surface area is 437 Å². The number of amides is 3. The first-order chi connectivity index (χ1) is 32.2. The zero-order valence-electron chi connectivity index (χ0n) is 43.5. The van der Waals surface area contributed by atoms with E-state index in [1.807, 2.05) is 86.3 Å². The van der Waals surface area contributed by atoms with Crippen LogP contribution in [0.5, 0.6) is 0 Å². The van der Waals surface area contributed by atoms with Gasteiger partial charge in [0.2, 0.25) is 17.7 Å². The molecule has 0 radical (unpaired) electrons. The van der Waals surface area contributed by atoms with E-state index in [1.165, 1.54) is 11.8 Å². The van der Waals surface area contributed by atoms with Crippen molar-refractivity contribution in [2.75, 3.05) is 99.4 Å². The summed E-state index contributed by atoms with van der Waals surface area (Å²) in [7, 11) is 10.0. The summed E-state index contributed by atoms with van der Waals surface area (Å²) in [6, 6.07) is 9.83. The molecule has 15 nitrogen and oxygen atoms in total.